The van der Waals surface area contributed by atoms with Gasteiger partial charge in [0, 0.05) is 11.4 Å². The Morgan fingerprint density at radius 3 is 2.43 bits per heavy atom. The maximum atomic E-state index is 13.7. The van der Waals surface area contributed by atoms with Crippen LogP contribution in [0.5, 0.6) is 0 Å². The summed E-state index contributed by atoms with van der Waals surface area (Å²) in [5, 5.41) is 10.9. The largest absolute Gasteiger partial charge is 0.392 e. The molecule has 1 fully saturated rings. The van der Waals surface area contributed by atoms with Crippen LogP contribution in [0.25, 0.3) is 0 Å². The van der Waals surface area contributed by atoms with Gasteiger partial charge in [-0.15, -0.1) is 0 Å². The van der Waals surface area contributed by atoms with Crippen LogP contribution in [-0.4, -0.2) is 11.2 Å². The lowest BCUT2D eigenvalue weighted by atomic mass is 9.68. The van der Waals surface area contributed by atoms with Crippen LogP contribution >= 0.6 is 11.6 Å². The number of hydrogen-bond donors (Lipinski definition) is 1. The van der Waals surface area contributed by atoms with Gasteiger partial charge in [0.25, 0.3) is 0 Å². The van der Waals surface area contributed by atoms with Gasteiger partial charge in [0.2, 0.25) is 0 Å². The molecule has 3 heteroatoms. The molecule has 1 aliphatic carbocycles. The van der Waals surface area contributed by atoms with Gasteiger partial charge in [0.05, 0.1) is 6.10 Å². The molecule has 0 bridgehead atoms. The Bertz CT molecular complexity index is 473. The molecule has 1 atom stereocenters. The minimum atomic E-state index is -0.473. The molecule has 0 spiro atoms. The molecule has 2 rings (SSSR count). The topological polar surface area (TPSA) is 20.2 Å². The van der Waals surface area contributed by atoms with Gasteiger partial charge < -0.3 is 5.11 Å². The van der Waals surface area contributed by atoms with E-state index in [1.54, 1.807) is 12.1 Å². The fraction of sp³-hybridized carbons (Fsp3) is 0.667. The molecule has 1 aromatic rings. The van der Waals surface area contributed by atoms with Crippen molar-refractivity contribution in [2.45, 2.75) is 59.0 Å². The fourth-order valence-electron chi connectivity index (χ4n) is 3.46. The van der Waals surface area contributed by atoms with Crippen LogP contribution in [-0.2, 0) is 6.42 Å². The Balaban J connectivity index is 1.93. The van der Waals surface area contributed by atoms with E-state index in [0.29, 0.717) is 22.4 Å². The third-order valence-corrected chi connectivity index (χ3v) is 5.21. The average Bonchev–Trinajstić information content (AvgIpc) is 2.42. The lowest BCUT2D eigenvalue weighted by molar-refractivity contribution is 0.0532. The molecule has 0 aromatic heterocycles. The second-order valence-electron chi connectivity index (χ2n) is 7.48. The summed E-state index contributed by atoms with van der Waals surface area (Å²) in [6.07, 6.45) is 4.26. The van der Waals surface area contributed by atoms with E-state index in [2.05, 4.69) is 20.8 Å². The van der Waals surface area contributed by atoms with E-state index >= 15 is 0 Å². The molecule has 1 aromatic carbocycles. The number of aliphatic hydroxyl groups is 1. The van der Waals surface area contributed by atoms with Gasteiger partial charge in [-0.3, -0.25) is 0 Å². The number of aliphatic hydroxyl groups excluding tert-OH is 1. The van der Waals surface area contributed by atoms with Crippen LogP contribution < -0.4 is 0 Å². The zero-order valence-corrected chi connectivity index (χ0v) is 14.0. The van der Waals surface area contributed by atoms with Crippen LogP contribution in [0.4, 0.5) is 4.39 Å². The third-order valence-electron chi connectivity index (χ3n) is 4.98. The summed E-state index contributed by atoms with van der Waals surface area (Å²) >= 11 is 5.91. The van der Waals surface area contributed by atoms with Crippen molar-refractivity contribution in [3.8, 4) is 0 Å². The minimum absolute atomic E-state index is 0.276. The van der Waals surface area contributed by atoms with Crippen molar-refractivity contribution in [3.63, 3.8) is 0 Å². The van der Waals surface area contributed by atoms with Crippen LogP contribution in [0.15, 0.2) is 18.2 Å². The highest BCUT2D eigenvalue weighted by Crippen LogP contribution is 2.41. The highest BCUT2D eigenvalue weighted by atomic mass is 35.5. The van der Waals surface area contributed by atoms with Crippen LogP contribution in [0.2, 0.25) is 5.02 Å². The van der Waals surface area contributed by atoms with Crippen molar-refractivity contribution >= 4 is 11.6 Å². The van der Waals surface area contributed by atoms with Crippen molar-refractivity contribution in [1.29, 1.82) is 0 Å². The molecule has 1 unspecified atom stereocenters. The second-order valence-corrected chi connectivity index (χ2v) is 7.92. The number of hydrogen-bond acceptors (Lipinski definition) is 1. The smallest absolute Gasteiger partial charge is 0.126 e. The Morgan fingerprint density at radius 2 is 1.86 bits per heavy atom. The lowest BCUT2D eigenvalue weighted by Crippen LogP contribution is -2.31. The quantitative estimate of drug-likeness (QED) is 0.809. The van der Waals surface area contributed by atoms with Gasteiger partial charge in [-0.2, -0.15) is 0 Å². The molecule has 0 amide bonds. The highest BCUT2D eigenvalue weighted by molar-refractivity contribution is 6.30. The Hall–Kier alpha value is -0.600. The predicted octanol–water partition coefficient (Wildman–Crippen LogP) is 5.24. The summed E-state index contributed by atoms with van der Waals surface area (Å²) in [7, 11) is 0. The van der Waals surface area contributed by atoms with E-state index < -0.39 is 6.10 Å². The molecule has 0 saturated heterocycles. The Kier molecular flexibility index (Phi) is 5.32. The SMILES string of the molecule is CC(C)(C)C1CCC(C(O)Cc2cc(Cl)ccc2F)CC1. The molecule has 1 aliphatic rings. The van der Waals surface area contributed by atoms with Crippen molar-refractivity contribution in [2.75, 3.05) is 0 Å². The molecular formula is C18H26ClFO. The third kappa shape index (κ3) is 4.43. The summed E-state index contributed by atoms with van der Waals surface area (Å²) in [5.41, 5.74) is 0.863. The van der Waals surface area contributed by atoms with Crippen molar-refractivity contribution in [2.24, 2.45) is 17.3 Å². The molecule has 0 heterocycles. The van der Waals surface area contributed by atoms with E-state index in [4.69, 9.17) is 11.6 Å². The van der Waals surface area contributed by atoms with Crippen molar-refractivity contribution < 1.29 is 9.50 Å². The van der Waals surface area contributed by atoms with E-state index in [1.807, 2.05) is 0 Å². The summed E-state index contributed by atoms with van der Waals surface area (Å²) in [4.78, 5) is 0. The first-order chi connectivity index (χ1) is 9.77. The monoisotopic (exact) mass is 312 g/mol. The summed E-state index contributed by atoms with van der Waals surface area (Å²) in [6.45, 7) is 6.86. The van der Waals surface area contributed by atoms with E-state index in [-0.39, 0.29) is 11.7 Å². The minimum Gasteiger partial charge on any atom is -0.392 e. The number of halogens is 2. The molecule has 1 saturated carbocycles. The Labute approximate surface area is 132 Å². The predicted molar refractivity (Wildman–Crippen MR) is 86.0 cm³/mol. The van der Waals surface area contributed by atoms with Gasteiger partial charge in [0.1, 0.15) is 5.82 Å². The van der Waals surface area contributed by atoms with E-state index in [0.717, 1.165) is 31.6 Å². The normalized spacial score (nSPS) is 24.9. The number of benzene rings is 1. The van der Waals surface area contributed by atoms with Crippen molar-refractivity contribution in [1.82, 2.24) is 0 Å². The summed E-state index contributed by atoms with van der Waals surface area (Å²) < 4.78 is 13.7. The maximum absolute atomic E-state index is 13.7. The first-order valence-electron chi connectivity index (χ1n) is 7.89. The second kappa shape index (κ2) is 6.66. The molecular weight excluding hydrogens is 287 g/mol. The van der Waals surface area contributed by atoms with Gasteiger partial charge in [-0.05, 0) is 66.7 Å². The fourth-order valence-corrected chi connectivity index (χ4v) is 3.66. The van der Waals surface area contributed by atoms with Crippen LogP contribution in [0, 0.1) is 23.1 Å². The summed E-state index contributed by atoms with van der Waals surface area (Å²) in [6, 6.07) is 4.54. The maximum Gasteiger partial charge on any atom is 0.126 e. The molecule has 0 aliphatic heterocycles. The molecule has 0 radical (unpaired) electrons. The zero-order valence-electron chi connectivity index (χ0n) is 13.2. The molecule has 1 N–H and O–H groups in total. The molecule has 21 heavy (non-hydrogen) atoms. The molecule has 118 valence electrons. The van der Waals surface area contributed by atoms with Crippen LogP contribution in [0.3, 0.4) is 0 Å². The standard InChI is InChI=1S/C18H26ClFO/c1-18(2,3)14-6-4-12(5-7-14)17(21)11-13-10-15(19)8-9-16(13)20/h8-10,12,14,17,21H,4-7,11H2,1-3H3. The van der Waals surface area contributed by atoms with Gasteiger partial charge in [0.15, 0.2) is 0 Å². The first-order valence-corrected chi connectivity index (χ1v) is 8.27. The van der Waals surface area contributed by atoms with Gasteiger partial charge in [-0.25, -0.2) is 4.39 Å². The number of rotatable bonds is 3. The first kappa shape index (κ1) is 16.8. The average molecular weight is 313 g/mol. The Morgan fingerprint density at radius 1 is 1.24 bits per heavy atom. The summed E-state index contributed by atoms with van der Waals surface area (Å²) in [5.74, 6) is 0.729. The van der Waals surface area contributed by atoms with Gasteiger partial charge >= 0.3 is 0 Å². The van der Waals surface area contributed by atoms with Crippen LogP contribution in [0.1, 0.15) is 52.0 Å². The van der Waals surface area contributed by atoms with Gasteiger partial charge in [-0.1, -0.05) is 32.4 Å². The lowest BCUT2D eigenvalue weighted by Gasteiger charge is -2.38. The van der Waals surface area contributed by atoms with E-state index in [1.165, 1.54) is 6.07 Å². The van der Waals surface area contributed by atoms with E-state index in [9.17, 15) is 9.50 Å². The highest BCUT2D eigenvalue weighted by Gasteiger charge is 2.32. The zero-order chi connectivity index (χ0) is 15.6. The van der Waals surface area contributed by atoms with Crippen molar-refractivity contribution in [3.05, 3.63) is 34.6 Å². The molecule has 1 nitrogen and oxygen atoms in total.